The average Bonchev–Trinajstić information content (AvgIpc) is 2.86. The molecule has 0 saturated carbocycles. The number of urea groups is 1. The van der Waals surface area contributed by atoms with Crippen LogP contribution >= 0.6 is 0 Å². The fourth-order valence-corrected chi connectivity index (χ4v) is 2.51. The van der Waals surface area contributed by atoms with E-state index < -0.39 is 0 Å². The second-order valence-corrected chi connectivity index (χ2v) is 5.59. The highest BCUT2D eigenvalue weighted by Gasteiger charge is 2.23. The maximum absolute atomic E-state index is 11.8. The van der Waals surface area contributed by atoms with Crippen LogP contribution in [0.5, 0.6) is 0 Å². The molecule has 114 valence electrons. The maximum atomic E-state index is 11.8. The molecule has 0 atom stereocenters. The summed E-state index contributed by atoms with van der Waals surface area (Å²) in [7, 11) is 0. The van der Waals surface area contributed by atoms with Crippen molar-refractivity contribution in [1.82, 2.24) is 10.6 Å². The lowest BCUT2D eigenvalue weighted by molar-refractivity contribution is -0.118. The number of carbonyl (C=O) groups is 2. The van der Waals surface area contributed by atoms with Gasteiger partial charge in [0.15, 0.2) is 0 Å². The first-order valence-electron chi connectivity index (χ1n) is 7.47. The molecule has 0 unspecified atom stereocenters. The predicted octanol–water partition coefficient (Wildman–Crippen LogP) is 2.19. The Morgan fingerprint density at radius 3 is 2.76 bits per heavy atom. The number of hydrogen-bond acceptors (Lipinski definition) is 2. The molecule has 5 nitrogen and oxygen atoms in total. The number of carbonyl (C=O) groups excluding carboxylic acids is 2. The third-order valence-electron chi connectivity index (χ3n) is 3.52. The largest absolute Gasteiger partial charge is 0.336 e. The van der Waals surface area contributed by atoms with Crippen molar-refractivity contribution in [2.24, 2.45) is 0 Å². The van der Waals surface area contributed by atoms with Crippen molar-refractivity contribution < 1.29 is 9.59 Å². The standard InChI is InChI=1S/C16H23N3O2/c1-4-15(20)19-8-7-13-9-12(5-6-14(13)19)10-17-16(21)18-11(2)3/h5-6,9,11H,4,7-8,10H2,1-3H3,(H2,17,18,21). The van der Waals surface area contributed by atoms with Crippen molar-refractivity contribution in [2.75, 3.05) is 11.4 Å². The van der Waals surface area contributed by atoms with Gasteiger partial charge in [0, 0.05) is 31.2 Å². The molecule has 0 fully saturated rings. The fourth-order valence-electron chi connectivity index (χ4n) is 2.51. The highest BCUT2D eigenvalue weighted by atomic mass is 16.2. The number of fused-ring (bicyclic) bond motifs is 1. The molecule has 0 spiro atoms. The Bertz CT molecular complexity index is 540. The lowest BCUT2D eigenvalue weighted by atomic mass is 10.1. The third kappa shape index (κ3) is 3.74. The van der Waals surface area contributed by atoms with Crippen LogP contribution in [0.4, 0.5) is 10.5 Å². The zero-order valence-corrected chi connectivity index (χ0v) is 12.9. The average molecular weight is 289 g/mol. The molecule has 0 bridgehead atoms. The van der Waals surface area contributed by atoms with Gasteiger partial charge in [0.1, 0.15) is 0 Å². The number of hydrogen-bond donors (Lipinski definition) is 2. The first-order valence-corrected chi connectivity index (χ1v) is 7.47. The molecule has 1 heterocycles. The smallest absolute Gasteiger partial charge is 0.315 e. The van der Waals surface area contributed by atoms with Crippen molar-refractivity contribution >= 4 is 17.6 Å². The fraction of sp³-hybridized carbons (Fsp3) is 0.500. The van der Waals surface area contributed by atoms with Gasteiger partial charge >= 0.3 is 6.03 Å². The van der Waals surface area contributed by atoms with E-state index in [4.69, 9.17) is 0 Å². The van der Waals surface area contributed by atoms with Gasteiger partial charge in [-0.05, 0) is 37.5 Å². The van der Waals surface area contributed by atoms with E-state index in [1.807, 2.05) is 37.8 Å². The summed E-state index contributed by atoms with van der Waals surface area (Å²) in [5, 5.41) is 5.63. The van der Waals surface area contributed by atoms with Crippen LogP contribution in [-0.4, -0.2) is 24.5 Å². The van der Waals surface area contributed by atoms with E-state index in [2.05, 4.69) is 16.7 Å². The summed E-state index contributed by atoms with van der Waals surface area (Å²) in [6.45, 7) is 6.98. The van der Waals surface area contributed by atoms with Crippen LogP contribution in [-0.2, 0) is 17.8 Å². The Balaban J connectivity index is 1.99. The van der Waals surface area contributed by atoms with Crippen LogP contribution in [0, 0.1) is 0 Å². The lowest BCUT2D eigenvalue weighted by Crippen LogP contribution is -2.39. The molecule has 1 aromatic carbocycles. The van der Waals surface area contributed by atoms with Crippen LogP contribution < -0.4 is 15.5 Å². The van der Waals surface area contributed by atoms with E-state index in [0.717, 1.165) is 24.2 Å². The summed E-state index contributed by atoms with van der Waals surface area (Å²) in [5.41, 5.74) is 3.25. The summed E-state index contributed by atoms with van der Waals surface area (Å²) >= 11 is 0. The van der Waals surface area contributed by atoms with E-state index in [1.54, 1.807) is 0 Å². The highest BCUT2D eigenvalue weighted by Crippen LogP contribution is 2.29. The van der Waals surface area contributed by atoms with Crippen LogP contribution in [0.2, 0.25) is 0 Å². The molecule has 1 aliphatic rings. The quantitative estimate of drug-likeness (QED) is 0.892. The third-order valence-corrected chi connectivity index (χ3v) is 3.52. The van der Waals surface area contributed by atoms with E-state index >= 15 is 0 Å². The Hall–Kier alpha value is -2.04. The number of nitrogens with zero attached hydrogens (tertiary/aromatic N) is 1. The second kappa shape index (κ2) is 6.61. The normalized spacial score (nSPS) is 13.2. The maximum Gasteiger partial charge on any atom is 0.315 e. The van der Waals surface area contributed by atoms with Gasteiger partial charge in [-0.25, -0.2) is 4.79 Å². The zero-order valence-electron chi connectivity index (χ0n) is 12.9. The van der Waals surface area contributed by atoms with Gasteiger partial charge in [0.2, 0.25) is 5.91 Å². The van der Waals surface area contributed by atoms with Gasteiger partial charge in [0.25, 0.3) is 0 Å². The molecule has 2 rings (SSSR count). The molecular formula is C16H23N3O2. The van der Waals surface area contributed by atoms with Crippen LogP contribution in [0.3, 0.4) is 0 Å². The SMILES string of the molecule is CCC(=O)N1CCc2cc(CNC(=O)NC(C)C)ccc21. The Morgan fingerprint density at radius 2 is 2.10 bits per heavy atom. The molecule has 0 saturated heterocycles. The minimum absolute atomic E-state index is 0.124. The van der Waals surface area contributed by atoms with Gasteiger partial charge < -0.3 is 15.5 Å². The monoisotopic (exact) mass is 289 g/mol. The highest BCUT2D eigenvalue weighted by molar-refractivity contribution is 5.95. The van der Waals surface area contributed by atoms with Gasteiger partial charge in [-0.1, -0.05) is 19.1 Å². The first-order chi connectivity index (χ1) is 10.0. The molecular weight excluding hydrogens is 266 g/mol. The van der Waals surface area contributed by atoms with E-state index in [9.17, 15) is 9.59 Å². The van der Waals surface area contributed by atoms with Crippen molar-refractivity contribution in [3.05, 3.63) is 29.3 Å². The van der Waals surface area contributed by atoms with Crippen molar-refractivity contribution in [1.29, 1.82) is 0 Å². The molecule has 0 radical (unpaired) electrons. The number of nitrogens with one attached hydrogen (secondary N) is 2. The first kappa shape index (κ1) is 15.4. The summed E-state index contributed by atoms with van der Waals surface area (Å²) in [6, 6.07) is 5.99. The molecule has 5 heteroatoms. The van der Waals surface area contributed by atoms with E-state index in [-0.39, 0.29) is 18.0 Å². The molecule has 1 aliphatic heterocycles. The van der Waals surface area contributed by atoms with E-state index in [1.165, 1.54) is 5.56 Å². The minimum Gasteiger partial charge on any atom is -0.336 e. The number of anilines is 1. The molecule has 2 N–H and O–H groups in total. The minimum atomic E-state index is -0.159. The van der Waals surface area contributed by atoms with Crippen LogP contribution in [0.25, 0.3) is 0 Å². The van der Waals surface area contributed by atoms with Crippen molar-refractivity contribution in [2.45, 2.75) is 46.2 Å². The van der Waals surface area contributed by atoms with Gasteiger partial charge in [-0.2, -0.15) is 0 Å². The van der Waals surface area contributed by atoms with Gasteiger partial charge in [-0.3, -0.25) is 4.79 Å². The Morgan fingerprint density at radius 1 is 1.33 bits per heavy atom. The topological polar surface area (TPSA) is 61.4 Å². The zero-order chi connectivity index (χ0) is 15.4. The summed E-state index contributed by atoms with van der Waals surface area (Å²) in [6.07, 6.45) is 1.41. The second-order valence-electron chi connectivity index (χ2n) is 5.59. The van der Waals surface area contributed by atoms with Crippen LogP contribution in [0.15, 0.2) is 18.2 Å². The number of benzene rings is 1. The van der Waals surface area contributed by atoms with Crippen molar-refractivity contribution in [3.8, 4) is 0 Å². The van der Waals surface area contributed by atoms with Gasteiger partial charge in [0.05, 0.1) is 0 Å². The molecule has 3 amide bonds. The molecule has 0 aliphatic carbocycles. The van der Waals surface area contributed by atoms with E-state index in [0.29, 0.717) is 13.0 Å². The summed E-state index contributed by atoms with van der Waals surface area (Å²) in [5.74, 6) is 0.163. The van der Waals surface area contributed by atoms with Gasteiger partial charge in [-0.15, -0.1) is 0 Å². The number of rotatable bonds is 4. The molecule has 0 aromatic heterocycles. The van der Waals surface area contributed by atoms with Crippen molar-refractivity contribution in [3.63, 3.8) is 0 Å². The lowest BCUT2D eigenvalue weighted by Gasteiger charge is -2.16. The Labute approximate surface area is 125 Å². The Kier molecular flexibility index (Phi) is 4.83. The summed E-state index contributed by atoms with van der Waals surface area (Å²) < 4.78 is 0. The molecule has 1 aromatic rings. The molecule has 21 heavy (non-hydrogen) atoms. The number of amides is 3. The summed E-state index contributed by atoms with van der Waals surface area (Å²) in [4.78, 5) is 25.3. The van der Waals surface area contributed by atoms with Crippen LogP contribution in [0.1, 0.15) is 38.3 Å². The predicted molar refractivity (Wildman–Crippen MR) is 83.3 cm³/mol.